The summed E-state index contributed by atoms with van der Waals surface area (Å²) in [6, 6.07) is 5.05. The van der Waals surface area contributed by atoms with Gasteiger partial charge in [-0.05, 0) is 32.4 Å². The minimum atomic E-state index is -4.73. The number of hydrogen-bond acceptors (Lipinski definition) is 5. The highest BCUT2D eigenvalue weighted by molar-refractivity contribution is 6.31. The largest absolute Gasteiger partial charge is 0.479 e. The second kappa shape index (κ2) is 9.74. The van der Waals surface area contributed by atoms with E-state index in [4.69, 9.17) is 16.3 Å². The lowest BCUT2D eigenvalue weighted by molar-refractivity contribution is -0.189. The average Bonchev–Trinajstić information content (AvgIpc) is 3.38. The molecule has 1 unspecified atom stereocenters. The number of benzene rings is 2. The Balaban J connectivity index is 1.88. The molecule has 0 saturated carbocycles. The molecule has 36 heavy (non-hydrogen) atoms. The summed E-state index contributed by atoms with van der Waals surface area (Å²) in [5, 5.41) is 13.6. The summed E-state index contributed by atoms with van der Waals surface area (Å²) in [7, 11) is 0. The monoisotopic (exact) mass is 532 g/mol. The van der Waals surface area contributed by atoms with E-state index < -0.39 is 41.9 Å². The van der Waals surface area contributed by atoms with Gasteiger partial charge in [-0.2, -0.15) is 17.9 Å². The van der Waals surface area contributed by atoms with E-state index in [1.165, 1.54) is 23.1 Å². The minimum Gasteiger partial charge on any atom is -0.479 e. The van der Waals surface area contributed by atoms with Crippen molar-refractivity contribution in [1.29, 1.82) is 0 Å². The molecule has 194 valence electrons. The maximum absolute atomic E-state index is 15.7. The fourth-order valence-electron chi connectivity index (χ4n) is 4.16. The van der Waals surface area contributed by atoms with Crippen LogP contribution < -0.4 is 15.3 Å². The van der Waals surface area contributed by atoms with Crippen LogP contribution in [0.25, 0.3) is 5.69 Å². The second-order valence-electron chi connectivity index (χ2n) is 8.22. The maximum Gasteiger partial charge on any atom is 0.425 e. The molecule has 0 radical (unpaired) electrons. The van der Waals surface area contributed by atoms with Gasteiger partial charge in [0.1, 0.15) is 23.9 Å². The van der Waals surface area contributed by atoms with Gasteiger partial charge in [0, 0.05) is 41.9 Å². The summed E-state index contributed by atoms with van der Waals surface area (Å²) in [5.74, 6) is -1.89. The SMILES string of the molecule is CCn1c(CO)nn(-c2cc(OC(C)C(F)(F)F)c3c(c2F)CCN3Cc2c(F)cccc2Cl)c1=O. The Morgan fingerprint density at radius 2 is 2.00 bits per heavy atom. The molecule has 1 aromatic heterocycles. The number of aliphatic hydroxyl groups is 1. The van der Waals surface area contributed by atoms with Crippen molar-refractivity contribution in [3.63, 3.8) is 0 Å². The molecular formula is C23H22ClF5N4O3. The highest BCUT2D eigenvalue weighted by Crippen LogP contribution is 2.44. The van der Waals surface area contributed by atoms with Gasteiger partial charge in [0.25, 0.3) is 0 Å². The van der Waals surface area contributed by atoms with Gasteiger partial charge in [-0.3, -0.25) is 4.57 Å². The number of alkyl halides is 3. The van der Waals surface area contributed by atoms with Gasteiger partial charge in [0.2, 0.25) is 0 Å². The van der Waals surface area contributed by atoms with Crippen LogP contribution in [0.1, 0.15) is 30.8 Å². The van der Waals surface area contributed by atoms with Crippen molar-refractivity contribution in [3.8, 4) is 11.4 Å². The Morgan fingerprint density at radius 1 is 1.28 bits per heavy atom. The predicted molar refractivity (Wildman–Crippen MR) is 122 cm³/mol. The molecule has 0 fully saturated rings. The number of nitrogens with zero attached hydrogens (tertiary/aromatic N) is 4. The Morgan fingerprint density at radius 3 is 2.58 bits per heavy atom. The lowest BCUT2D eigenvalue weighted by Gasteiger charge is -2.26. The summed E-state index contributed by atoms with van der Waals surface area (Å²) in [6.07, 6.45) is -6.95. The summed E-state index contributed by atoms with van der Waals surface area (Å²) >= 11 is 6.13. The maximum atomic E-state index is 15.7. The molecule has 2 heterocycles. The molecule has 4 rings (SSSR count). The standard InChI is InChI=1S/C23H22ClF5N4O3/c1-3-32-19(11-34)30-33(22(32)35)17-9-18(36-12(2)23(27,28)29)21-13(20(17)26)7-8-31(21)10-14-15(24)5-4-6-16(14)25/h4-6,9,12,34H,3,7-8,10-11H2,1-2H3. The molecular weight excluding hydrogens is 511 g/mol. The smallest absolute Gasteiger partial charge is 0.425 e. The predicted octanol–water partition coefficient (Wildman–Crippen LogP) is 4.37. The summed E-state index contributed by atoms with van der Waals surface area (Å²) in [4.78, 5) is 14.3. The molecule has 0 spiro atoms. The van der Waals surface area contributed by atoms with Crippen LogP contribution >= 0.6 is 11.6 Å². The number of ether oxygens (including phenoxy) is 1. The van der Waals surface area contributed by atoms with Gasteiger partial charge in [-0.15, -0.1) is 5.10 Å². The van der Waals surface area contributed by atoms with Crippen molar-refractivity contribution < 1.29 is 31.8 Å². The number of rotatable bonds is 7. The Kier molecular flexibility index (Phi) is 7.02. The zero-order valence-electron chi connectivity index (χ0n) is 19.2. The molecule has 0 saturated heterocycles. The highest BCUT2D eigenvalue weighted by atomic mass is 35.5. The molecule has 13 heteroatoms. The van der Waals surface area contributed by atoms with Crippen LogP contribution in [0.2, 0.25) is 5.02 Å². The van der Waals surface area contributed by atoms with Crippen molar-refractivity contribution in [1.82, 2.24) is 14.3 Å². The molecule has 1 aliphatic rings. The van der Waals surface area contributed by atoms with E-state index in [0.29, 0.717) is 4.68 Å². The van der Waals surface area contributed by atoms with Crippen LogP contribution in [0.5, 0.6) is 5.75 Å². The van der Waals surface area contributed by atoms with E-state index >= 15 is 4.39 Å². The molecule has 1 aliphatic heterocycles. The molecule has 2 aromatic carbocycles. The molecule has 1 atom stereocenters. The summed E-state index contributed by atoms with van der Waals surface area (Å²) in [5.41, 5.74) is -1.10. The molecule has 0 amide bonds. The fourth-order valence-corrected chi connectivity index (χ4v) is 4.38. The summed E-state index contributed by atoms with van der Waals surface area (Å²) < 4.78 is 77.3. The van der Waals surface area contributed by atoms with E-state index in [1.807, 2.05) is 0 Å². The molecule has 1 N–H and O–H groups in total. The van der Waals surface area contributed by atoms with Crippen LogP contribution in [0.15, 0.2) is 29.1 Å². The first-order valence-electron chi connectivity index (χ1n) is 11.0. The van der Waals surface area contributed by atoms with Crippen molar-refractivity contribution >= 4 is 17.3 Å². The zero-order valence-corrected chi connectivity index (χ0v) is 20.0. The van der Waals surface area contributed by atoms with Gasteiger partial charge >= 0.3 is 11.9 Å². The average molecular weight is 533 g/mol. The van der Waals surface area contributed by atoms with Gasteiger partial charge in [0.15, 0.2) is 17.7 Å². The highest BCUT2D eigenvalue weighted by Gasteiger charge is 2.40. The number of anilines is 1. The van der Waals surface area contributed by atoms with E-state index in [2.05, 4.69) is 5.10 Å². The number of halogens is 6. The van der Waals surface area contributed by atoms with Crippen LogP contribution in [0.4, 0.5) is 27.6 Å². The Hall–Kier alpha value is -3.12. The van der Waals surface area contributed by atoms with Crippen LogP contribution in [0, 0.1) is 11.6 Å². The van der Waals surface area contributed by atoms with Crippen molar-refractivity contribution in [2.75, 3.05) is 11.4 Å². The van der Waals surface area contributed by atoms with Crippen molar-refractivity contribution in [2.45, 2.75) is 52.2 Å². The van der Waals surface area contributed by atoms with Crippen LogP contribution in [-0.2, 0) is 26.1 Å². The first-order valence-corrected chi connectivity index (χ1v) is 11.4. The zero-order chi connectivity index (χ0) is 26.4. The lowest BCUT2D eigenvalue weighted by atomic mass is 10.1. The van der Waals surface area contributed by atoms with E-state index in [0.717, 1.165) is 17.6 Å². The third kappa shape index (κ3) is 4.55. The molecule has 0 bridgehead atoms. The van der Waals surface area contributed by atoms with E-state index in [1.54, 1.807) is 6.92 Å². The van der Waals surface area contributed by atoms with Gasteiger partial charge in [0.05, 0.1) is 5.69 Å². The quantitative estimate of drug-likeness (QED) is 0.458. The first-order chi connectivity index (χ1) is 17.0. The summed E-state index contributed by atoms with van der Waals surface area (Å²) in [6.45, 7) is 1.94. The van der Waals surface area contributed by atoms with Crippen molar-refractivity contribution in [3.05, 3.63) is 68.4 Å². The normalized spacial score (nSPS) is 14.3. The number of fused-ring (bicyclic) bond motifs is 1. The number of hydrogen-bond donors (Lipinski definition) is 1. The van der Waals surface area contributed by atoms with Crippen molar-refractivity contribution in [2.24, 2.45) is 0 Å². The molecule has 3 aromatic rings. The van der Waals surface area contributed by atoms with Crippen LogP contribution in [-0.4, -0.2) is 38.3 Å². The van der Waals surface area contributed by atoms with Gasteiger partial charge in [-0.25, -0.2) is 13.6 Å². The lowest BCUT2D eigenvalue weighted by Crippen LogP contribution is -2.32. The van der Waals surface area contributed by atoms with Gasteiger partial charge < -0.3 is 14.7 Å². The van der Waals surface area contributed by atoms with E-state index in [9.17, 15) is 27.5 Å². The first kappa shape index (κ1) is 26.0. The van der Waals surface area contributed by atoms with Gasteiger partial charge in [-0.1, -0.05) is 17.7 Å². The second-order valence-corrected chi connectivity index (χ2v) is 8.63. The third-order valence-corrected chi connectivity index (χ3v) is 6.38. The number of aromatic nitrogens is 3. The third-order valence-electron chi connectivity index (χ3n) is 6.03. The van der Waals surface area contributed by atoms with Crippen LogP contribution in [0.3, 0.4) is 0 Å². The Labute approximate surface area is 207 Å². The molecule has 7 nitrogen and oxygen atoms in total. The topological polar surface area (TPSA) is 72.5 Å². The fraction of sp³-hybridized carbons (Fsp3) is 0.391. The van der Waals surface area contributed by atoms with E-state index in [-0.39, 0.29) is 59.5 Å². The minimum absolute atomic E-state index is 0.00664. The Bertz CT molecular complexity index is 1330. The number of aliphatic hydroxyl groups excluding tert-OH is 1. The molecule has 0 aliphatic carbocycles.